The van der Waals surface area contributed by atoms with Crippen molar-refractivity contribution in [2.24, 2.45) is 5.92 Å². The highest BCUT2D eigenvalue weighted by atomic mass is 32.2. The molecule has 1 saturated heterocycles. The van der Waals surface area contributed by atoms with E-state index in [0.717, 1.165) is 30.7 Å². The van der Waals surface area contributed by atoms with Crippen LogP contribution in [0.25, 0.3) is 0 Å². The van der Waals surface area contributed by atoms with Crippen molar-refractivity contribution in [1.29, 1.82) is 0 Å². The molecule has 0 saturated carbocycles. The third-order valence-corrected chi connectivity index (χ3v) is 9.93. The van der Waals surface area contributed by atoms with E-state index in [1.165, 1.54) is 26.1 Å². The predicted molar refractivity (Wildman–Crippen MR) is 109 cm³/mol. The number of amides is 1. The van der Waals surface area contributed by atoms with Crippen LogP contribution in [0.1, 0.15) is 41.1 Å². The summed E-state index contributed by atoms with van der Waals surface area (Å²) >= 11 is 3.05. The van der Waals surface area contributed by atoms with E-state index in [2.05, 4.69) is 18.4 Å². The van der Waals surface area contributed by atoms with Crippen molar-refractivity contribution in [3.8, 4) is 0 Å². The number of aryl methyl sites for hydroxylation is 1. The Kier molecular flexibility index (Phi) is 5.18. The first-order valence-electron chi connectivity index (χ1n) is 9.31. The van der Waals surface area contributed by atoms with E-state index in [4.69, 9.17) is 0 Å². The molecule has 4 rings (SSSR count). The Morgan fingerprint density at radius 2 is 2.04 bits per heavy atom. The van der Waals surface area contributed by atoms with Crippen molar-refractivity contribution >= 4 is 38.6 Å². The van der Waals surface area contributed by atoms with Gasteiger partial charge in [0.1, 0.15) is 4.21 Å². The summed E-state index contributed by atoms with van der Waals surface area (Å²) in [4.78, 5) is 17.5. The zero-order chi connectivity index (χ0) is 19.2. The summed E-state index contributed by atoms with van der Waals surface area (Å²) in [6, 6.07) is 5.68. The number of carbonyl (C=O) groups is 1. The second kappa shape index (κ2) is 7.31. The minimum absolute atomic E-state index is 0.0689. The van der Waals surface area contributed by atoms with Crippen molar-refractivity contribution in [3.63, 3.8) is 0 Å². The summed E-state index contributed by atoms with van der Waals surface area (Å²) in [5.41, 5.74) is 1.24. The lowest BCUT2D eigenvalue weighted by Crippen LogP contribution is -2.48. The van der Waals surface area contributed by atoms with Gasteiger partial charge >= 0.3 is 0 Å². The molecule has 0 bridgehead atoms. The molecule has 4 heterocycles. The SMILES string of the molecule is Cc1ccc(S(=O)(=O)N2CCC[C@H](C(=O)N3CCc4sccc4[C@H]3C)C2)s1. The molecule has 1 amide bonds. The molecule has 27 heavy (non-hydrogen) atoms. The highest BCUT2D eigenvalue weighted by Crippen LogP contribution is 2.35. The smallest absolute Gasteiger partial charge is 0.252 e. The fourth-order valence-electron chi connectivity index (χ4n) is 4.09. The van der Waals surface area contributed by atoms with Gasteiger partial charge in [-0.3, -0.25) is 4.79 Å². The lowest BCUT2D eigenvalue weighted by Gasteiger charge is -2.38. The number of hydrogen-bond donors (Lipinski definition) is 0. The van der Waals surface area contributed by atoms with Crippen LogP contribution in [-0.4, -0.2) is 43.2 Å². The molecule has 2 aromatic heterocycles. The number of hydrogen-bond acceptors (Lipinski definition) is 5. The van der Waals surface area contributed by atoms with Crippen molar-refractivity contribution in [2.75, 3.05) is 19.6 Å². The van der Waals surface area contributed by atoms with E-state index >= 15 is 0 Å². The van der Waals surface area contributed by atoms with Gasteiger partial charge in [-0.05, 0) is 62.3 Å². The molecule has 2 aliphatic rings. The van der Waals surface area contributed by atoms with Crippen LogP contribution in [-0.2, 0) is 21.2 Å². The van der Waals surface area contributed by atoms with Gasteiger partial charge in [0.15, 0.2) is 0 Å². The molecule has 2 aromatic rings. The van der Waals surface area contributed by atoms with Crippen LogP contribution in [0.4, 0.5) is 0 Å². The van der Waals surface area contributed by atoms with E-state index in [1.807, 2.05) is 17.9 Å². The van der Waals surface area contributed by atoms with Gasteiger partial charge in [0.05, 0.1) is 12.0 Å². The first kappa shape index (κ1) is 19.1. The molecule has 0 spiro atoms. The minimum Gasteiger partial charge on any atom is -0.335 e. The van der Waals surface area contributed by atoms with Crippen molar-refractivity contribution < 1.29 is 13.2 Å². The summed E-state index contributed by atoms with van der Waals surface area (Å²) in [5.74, 6) is -0.154. The number of nitrogens with zero attached hydrogens (tertiary/aromatic N) is 2. The van der Waals surface area contributed by atoms with Gasteiger partial charge in [0.25, 0.3) is 10.0 Å². The maximum absolute atomic E-state index is 13.2. The topological polar surface area (TPSA) is 57.7 Å². The summed E-state index contributed by atoms with van der Waals surface area (Å²) < 4.78 is 27.8. The summed E-state index contributed by atoms with van der Waals surface area (Å²) in [6.45, 7) is 5.49. The zero-order valence-corrected chi connectivity index (χ0v) is 18.0. The molecule has 5 nitrogen and oxygen atoms in total. The van der Waals surface area contributed by atoms with E-state index in [-0.39, 0.29) is 24.4 Å². The number of fused-ring (bicyclic) bond motifs is 1. The lowest BCUT2D eigenvalue weighted by molar-refractivity contribution is -0.139. The summed E-state index contributed by atoms with van der Waals surface area (Å²) in [6.07, 6.45) is 2.38. The average molecular weight is 425 g/mol. The van der Waals surface area contributed by atoms with Gasteiger partial charge in [-0.1, -0.05) is 0 Å². The first-order valence-corrected chi connectivity index (χ1v) is 12.4. The van der Waals surface area contributed by atoms with Crippen LogP contribution in [0.3, 0.4) is 0 Å². The van der Waals surface area contributed by atoms with Crippen molar-refractivity contribution in [1.82, 2.24) is 9.21 Å². The fraction of sp³-hybridized carbons (Fsp3) is 0.526. The van der Waals surface area contributed by atoms with Gasteiger partial charge in [0, 0.05) is 29.4 Å². The lowest BCUT2D eigenvalue weighted by atomic mass is 9.94. The van der Waals surface area contributed by atoms with Crippen molar-refractivity contribution in [2.45, 2.75) is 43.4 Å². The third kappa shape index (κ3) is 3.48. The summed E-state index contributed by atoms with van der Waals surface area (Å²) in [5, 5.41) is 2.09. The highest BCUT2D eigenvalue weighted by molar-refractivity contribution is 7.91. The number of piperidine rings is 1. The Labute approximate surface area is 168 Å². The number of carbonyl (C=O) groups excluding carboxylic acids is 1. The van der Waals surface area contributed by atoms with Crippen LogP contribution in [0.2, 0.25) is 0 Å². The molecule has 2 aliphatic heterocycles. The molecule has 0 aliphatic carbocycles. The first-order chi connectivity index (χ1) is 12.9. The number of sulfonamides is 1. The van der Waals surface area contributed by atoms with Gasteiger partial charge in [-0.25, -0.2) is 8.42 Å². The fourth-order valence-corrected chi connectivity index (χ4v) is 8.01. The van der Waals surface area contributed by atoms with E-state index in [9.17, 15) is 13.2 Å². The number of rotatable bonds is 3. The van der Waals surface area contributed by atoms with E-state index < -0.39 is 10.0 Å². The van der Waals surface area contributed by atoms with Crippen LogP contribution in [0.15, 0.2) is 27.8 Å². The second-order valence-electron chi connectivity index (χ2n) is 7.32. The quantitative estimate of drug-likeness (QED) is 0.755. The Bertz CT molecular complexity index is 947. The van der Waals surface area contributed by atoms with E-state index in [1.54, 1.807) is 17.4 Å². The largest absolute Gasteiger partial charge is 0.335 e. The average Bonchev–Trinajstić information content (AvgIpc) is 3.31. The summed E-state index contributed by atoms with van der Waals surface area (Å²) in [7, 11) is -3.51. The Morgan fingerprint density at radius 3 is 2.78 bits per heavy atom. The Balaban J connectivity index is 1.51. The van der Waals surface area contributed by atoms with Gasteiger partial charge in [0.2, 0.25) is 5.91 Å². The molecule has 2 atom stereocenters. The molecule has 0 unspecified atom stereocenters. The molecular weight excluding hydrogens is 400 g/mol. The maximum Gasteiger partial charge on any atom is 0.252 e. The Morgan fingerprint density at radius 1 is 1.22 bits per heavy atom. The molecular formula is C19H24N2O3S3. The van der Waals surface area contributed by atoms with E-state index in [0.29, 0.717) is 10.8 Å². The zero-order valence-electron chi connectivity index (χ0n) is 15.6. The maximum atomic E-state index is 13.2. The highest BCUT2D eigenvalue weighted by Gasteiger charge is 2.38. The Hall–Kier alpha value is -1.22. The monoisotopic (exact) mass is 424 g/mol. The molecule has 0 radical (unpaired) electrons. The van der Waals surface area contributed by atoms with Crippen LogP contribution >= 0.6 is 22.7 Å². The van der Waals surface area contributed by atoms with Gasteiger partial charge in [-0.15, -0.1) is 22.7 Å². The second-order valence-corrected chi connectivity index (χ2v) is 11.8. The van der Waals surface area contributed by atoms with Crippen LogP contribution in [0.5, 0.6) is 0 Å². The third-order valence-electron chi connectivity index (χ3n) is 5.60. The van der Waals surface area contributed by atoms with Crippen LogP contribution < -0.4 is 0 Å². The molecule has 1 fully saturated rings. The minimum atomic E-state index is -3.51. The standard InChI is InChI=1S/C19H24N2O3S3/c1-13-5-6-18(26-13)27(23,24)20-9-3-4-15(12-20)19(22)21-10-7-17-16(14(21)2)8-11-25-17/h5-6,8,11,14-15H,3-4,7,9-10,12H2,1-2H3/t14-,15+/m1/s1. The van der Waals surface area contributed by atoms with Crippen LogP contribution in [0, 0.1) is 12.8 Å². The normalized spacial score (nSPS) is 24.0. The number of thiophene rings is 2. The van der Waals surface area contributed by atoms with Gasteiger partial charge < -0.3 is 4.90 Å². The molecule has 8 heteroatoms. The predicted octanol–water partition coefficient (Wildman–Crippen LogP) is 3.66. The van der Waals surface area contributed by atoms with Crippen molar-refractivity contribution in [3.05, 3.63) is 38.9 Å². The molecule has 0 aromatic carbocycles. The van der Waals surface area contributed by atoms with Gasteiger partial charge in [-0.2, -0.15) is 4.31 Å². The molecule has 146 valence electrons. The molecule has 0 N–H and O–H groups in total.